The van der Waals surface area contributed by atoms with Gasteiger partial charge in [0, 0.05) is 18.3 Å². The number of pyridine rings is 1. The molecule has 0 bridgehead atoms. The van der Waals surface area contributed by atoms with Gasteiger partial charge in [-0.15, -0.1) is 0 Å². The SMILES string of the molecule is CCNc1nn(Cc2ccc(OC)cc2)c2ncc(C=O)cc12. The number of methoxy groups -OCH3 is 1. The number of hydrogen-bond donors (Lipinski definition) is 1. The number of ether oxygens (including phenoxy) is 1. The number of aldehydes is 1. The van der Waals surface area contributed by atoms with Gasteiger partial charge >= 0.3 is 0 Å². The zero-order valence-electron chi connectivity index (χ0n) is 13.1. The summed E-state index contributed by atoms with van der Waals surface area (Å²) >= 11 is 0. The summed E-state index contributed by atoms with van der Waals surface area (Å²) in [5, 5.41) is 8.66. The van der Waals surface area contributed by atoms with Crippen LogP contribution in [0.25, 0.3) is 11.0 Å². The first-order chi connectivity index (χ1) is 11.2. The highest BCUT2D eigenvalue weighted by atomic mass is 16.5. The van der Waals surface area contributed by atoms with Gasteiger partial charge in [-0.1, -0.05) is 12.1 Å². The Morgan fingerprint density at radius 1 is 1.30 bits per heavy atom. The number of rotatable bonds is 6. The predicted molar refractivity (Wildman–Crippen MR) is 89.2 cm³/mol. The summed E-state index contributed by atoms with van der Waals surface area (Å²) in [5.41, 5.74) is 2.39. The van der Waals surface area contributed by atoms with Gasteiger partial charge in [0.1, 0.15) is 5.75 Å². The zero-order valence-corrected chi connectivity index (χ0v) is 13.1. The van der Waals surface area contributed by atoms with Gasteiger partial charge in [0.05, 0.1) is 19.0 Å². The number of carbonyl (C=O) groups is 1. The Balaban J connectivity index is 2.00. The van der Waals surface area contributed by atoms with Crippen LogP contribution in [0, 0.1) is 0 Å². The standard InChI is InChI=1S/C17H18N4O2/c1-3-18-16-15-8-13(11-22)9-19-17(15)21(20-16)10-12-4-6-14(23-2)7-5-12/h4-9,11H,3,10H2,1-2H3,(H,18,20). The molecule has 0 saturated carbocycles. The van der Waals surface area contributed by atoms with Gasteiger partial charge in [-0.3, -0.25) is 4.79 Å². The molecule has 0 radical (unpaired) electrons. The number of nitrogens with zero attached hydrogens (tertiary/aromatic N) is 3. The molecule has 0 fully saturated rings. The van der Waals surface area contributed by atoms with Gasteiger partial charge in [-0.25, -0.2) is 9.67 Å². The van der Waals surface area contributed by atoms with Gasteiger partial charge < -0.3 is 10.1 Å². The summed E-state index contributed by atoms with van der Waals surface area (Å²) in [7, 11) is 1.65. The van der Waals surface area contributed by atoms with E-state index in [1.54, 1.807) is 13.3 Å². The molecule has 0 amide bonds. The molecular weight excluding hydrogens is 292 g/mol. The molecule has 1 N–H and O–H groups in total. The largest absolute Gasteiger partial charge is 0.497 e. The molecule has 0 spiro atoms. The Bertz CT molecular complexity index is 824. The monoisotopic (exact) mass is 310 g/mol. The lowest BCUT2D eigenvalue weighted by Crippen LogP contribution is -2.04. The van der Waals surface area contributed by atoms with E-state index in [0.717, 1.165) is 41.0 Å². The van der Waals surface area contributed by atoms with Crippen LogP contribution in [0.2, 0.25) is 0 Å². The third-order valence-electron chi connectivity index (χ3n) is 3.58. The predicted octanol–water partition coefficient (Wildman–Crippen LogP) is 2.73. The molecule has 23 heavy (non-hydrogen) atoms. The van der Waals surface area contributed by atoms with Crippen LogP contribution in [0.4, 0.5) is 5.82 Å². The molecule has 6 heteroatoms. The minimum atomic E-state index is 0.542. The second-order valence-corrected chi connectivity index (χ2v) is 5.14. The van der Waals surface area contributed by atoms with Crippen molar-refractivity contribution in [1.82, 2.24) is 14.8 Å². The van der Waals surface area contributed by atoms with Gasteiger partial charge in [0.15, 0.2) is 17.8 Å². The fraction of sp³-hybridized carbons (Fsp3) is 0.235. The first kappa shape index (κ1) is 15.0. The Hall–Kier alpha value is -2.89. The summed E-state index contributed by atoms with van der Waals surface area (Å²) in [6.07, 6.45) is 2.36. The Kier molecular flexibility index (Phi) is 4.23. The third kappa shape index (κ3) is 3.01. The maximum Gasteiger partial charge on any atom is 0.160 e. The van der Waals surface area contributed by atoms with E-state index in [0.29, 0.717) is 12.1 Å². The number of hydrogen-bond acceptors (Lipinski definition) is 5. The number of fused-ring (bicyclic) bond motifs is 1. The third-order valence-corrected chi connectivity index (χ3v) is 3.58. The number of aromatic nitrogens is 3. The van der Waals surface area contributed by atoms with Crippen LogP contribution in [0.1, 0.15) is 22.8 Å². The molecule has 6 nitrogen and oxygen atoms in total. The van der Waals surface area contributed by atoms with Gasteiger partial charge in [0.25, 0.3) is 0 Å². The molecule has 118 valence electrons. The molecule has 2 aromatic heterocycles. The molecule has 3 aromatic rings. The molecule has 2 heterocycles. The highest BCUT2D eigenvalue weighted by molar-refractivity contribution is 5.91. The van der Waals surface area contributed by atoms with Crippen LogP contribution in [-0.2, 0) is 6.54 Å². The summed E-state index contributed by atoms with van der Waals surface area (Å²) in [6.45, 7) is 3.35. The van der Waals surface area contributed by atoms with Crippen molar-refractivity contribution >= 4 is 23.1 Å². The molecule has 0 unspecified atom stereocenters. The lowest BCUT2D eigenvalue weighted by Gasteiger charge is -2.05. The maximum atomic E-state index is 11.0. The minimum Gasteiger partial charge on any atom is -0.497 e. The quantitative estimate of drug-likeness (QED) is 0.709. The molecule has 0 atom stereocenters. The van der Waals surface area contributed by atoms with Crippen LogP contribution >= 0.6 is 0 Å². The average Bonchev–Trinajstić information content (AvgIpc) is 2.93. The van der Waals surface area contributed by atoms with E-state index in [9.17, 15) is 4.79 Å². The number of carbonyl (C=O) groups excluding carboxylic acids is 1. The van der Waals surface area contributed by atoms with E-state index in [4.69, 9.17) is 4.74 Å². The fourth-order valence-electron chi connectivity index (χ4n) is 2.45. The van der Waals surface area contributed by atoms with E-state index in [1.165, 1.54) is 0 Å². The first-order valence-corrected chi connectivity index (χ1v) is 7.43. The van der Waals surface area contributed by atoms with Gasteiger partial charge in [0.2, 0.25) is 0 Å². The topological polar surface area (TPSA) is 69.0 Å². The van der Waals surface area contributed by atoms with E-state index in [-0.39, 0.29) is 0 Å². The summed E-state index contributed by atoms with van der Waals surface area (Å²) in [5.74, 6) is 1.56. The summed E-state index contributed by atoms with van der Waals surface area (Å²) < 4.78 is 7.01. The molecular formula is C17H18N4O2. The van der Waals surface area contributed by atoms with Crippen LogP contribution in [0.3, 0.4) is 0 Å². The van der Waals surface area contributed by atoms with E-state index in [1.807, 2.05) is 41.9 Å². The highest BCUT2D eigenvalue weighted by Gasteiger charge is 2.12. The van der Waals surface area contributed by atoms with Gasteiger partial charge in [-0.2, -0.15) is 5.10 Å². The Morgan fingerprint density at radius 3 is 2.74 bits per heavy atom. The molecule has 3 rings (SSSR count). The van der Waals surface area contributed by atoms with E-state index in [2.05, 4.69) is 15.4 Å². The summed E-state index contributed by atoms with van der Waals surface area (Å²) in [4.78, 5) is 15.4. The van der Waals surface area contributed by atoms with Crippen molar-refractivity contribution in [1.29, 1.82) is 0 Å². The second kappa shape index (κ2) is 6.48. The fourth-order valence-corrected chi connectivity index (χ4v) is 2.45. The maximum absolute atomic E-state index is 11.0. The first-order valence-electron chi connectivity index (χ1n) is 7.43. The molecule has 1 aromatic carbocycles. The number of nitrogens with one attached hydrogen (secondary N) is 1. The van der Waals surface area contributed by atoms with Crippen molar-refractivity contribution in [2.45, 2.75) is 13.5 Å². The van der Waals surface area contributed by atoms with Crippen molar-refractivity contribution in [3.05, 3.63) is 47.7 Å². The zero-order chi connectivity index (χ0) is 16.2. The lowest BCUT2D eigenvalue weighted by atomic mass is 10.2. The highest BCUT2D eigenvalue weighted by Crippen LogP contribution is 2.23. The van der Waals surface area contributed by atoms with Crippen molar-refractivity contribution in [3.8, 4) is 5.75 Å². The van der Waals surface area contributed by atoms with Crippen LogP contribution in [-0.4, -0.2) is 34.7 Å². The molecule has 0 saturated heterocycles. The summed E-state index contributed by atoms with van der Waals surface area (Å²) in [6, 6.07) is 9.65. The molecule has 0 aliphatic carbocycles. The van der Waals surface area contributed by atoms with Gasteiger partial charge in [-0.05, 0) is 30.7 Å². The van der Waals surface area contributed by atoms with Crippen molar-refractivity contribution in [3.63, 3.8) is 0 Å². The lowest BCUT2D eigenvalue weighted by molar-refractivity contribution is 0.112. The Labute approximate surface area is 134 Å². The van der Waals surface area contributed by atoms with Crippen molar-refractivity contribution in [2.75, 3.05) is 19.0 Å². The normalized spacial score (nSPS) is 10.7. The van der Waals surface area contributed by atoms with Crippen molar-refractivity contribution < 1.29 is 9.53 Å². The van der Waals surface area contributed by atoms with E-state index >= 15 is 0 Å². The minimum absolute atomic E-state index is 0.542. The Morgan fingerprint density at radius 2 is 2.09 bits per heavy atom. The van der Waals surface area contributed by atoms with Crippen molar-refractivity contribution in [2.24, 2.45) is 0 Å². The number of anilines is 1. The molecule has 0 aliphatic heterocycles. The van der Waals surface area contributed by atoms with Crippen LogP contribution < -0.4 is 10.1 Å². The average molecular weight is 310 g/mol. The van der Waals surface area contributed by atoms with E-state index < -0.39 is 0 Å². The van der Waals surface area contributed by atoms with Crippen LogP contribution in [0.15, 0.2) is 36.5 Å². The second-order valence-electron chi connectivity index (χ2n) is 5.14. The molecule has 0 aliphatic rings. The van der Waals surface area contributed by atoms with Crippen LogP contribution in [0.5, 0.6) is 5.75 Å². The number of benzene rings is 1. The smallest absolute Gasteiger partial charge is 0.160 e.